The van der Waals surface area contributed by atoms with Crippen LogP contribution < -0.4 is 5.32 Å². The quantitative estimate of drug-likeness (QED) is 0.171. The zero-order valence-corrected chi connectivity index (χ0v) is 30.1. The minimum atomic E-state index is -3.70. The molecule has 0 spiro atoms. The number of nitrogens with zero attached hydrogens (tertiary/aromatic N) is 4. The summed E-state index contributed by atoms with van der Waals surface area (Å²) in [5, 5.41) is 12.3. The van der Waals surface area contributed by atoms with Crippen molar-refractivity contribution in [1.29, 1.82) is 0 Å². The van der Waals surface area contributed by atoms with Crippen LogP contribution in [-0.4, -0.2) is 77.5 Å². The van der Waals surface area contributed by atoms with Crippen molar-refractivity contribution in [1.82, 2.24) is 19.1 Å². The number of carbonyl (C=O) groups is 2. The first-order valence-electron chi connectivity index (χ1n) is 16.9. The van der Waals surface area contributed by atoms with Gasteiger partial charge in [0.05, 0.1) is 35.1 Å². The van der Waals surface area contributed by atoms with E-state index in [1.165, 1.54) is 16.1 Å². The Morgan fingerprint density at radius 2 is 1.81 bits per heavy atom. The Kier molecular flexibility index (Phi) is 12.0. The molecule has 1 aliphatic heterocycles. The number of hydrogen-bond donors (Lipinski definition) is 1. The van der Waals surface area contributed by atoms with Gasteiger partial charge in [-0.3, -0.25) is 9.36 Å². The normalized spacial score (nSPS) is 21.2. The summed E-state index contributed by atoms with van der Waals surface area (Å²) in [6, 6.07) is 13.6. The number of thioether (sulfide) groups is 1. The van der Waals surface area contributed by atoms with Crippen molar-refractivity contribution in [3.05, 3.63) is 54.1 Å². The number of ether oxygens (including phenoxy) is 2. The second-order valence-electron chi connectivity index (χ2n) is 13.1. The number of sulfonamides is 1. The van der Waals surface area contributed by atoms with Gasteiger partial charge in [-0.2, -0.15) is 4.31 Å². The van der Waals surface area contributed by atoms with E-state index < -0.39 is 16.0 Å². The molecule has 2 heterocycles. The second kappa shape index (κ2) is 16.0. The maximum atomic E-state index is 13.4. The van der Waals surface area contributed by atoms with Crippen LogP contribution in [0.5, 0.6) is 0 Å². The Bertz CT molecular complexity index is 1690. The lowest BCUT2D eigenvalue weighted by molar-refractivity contribution is -0.113. The van der Waals surface area contributed by atoms with Gasteiger partial charge in [0.1, 0.15) is 6.10 Å². The van der Waals surface area contributed by atoms with Gasteiger partial charge in [-0.15, -0.1) is 10.2 Å². The molecule has 13 heteroatoms. The summed E-state index contributed by atoms with van der Waals surface area (Å²) in [6.45, 7) is 12.0. The van der Waals surface area contributed by atoms with Crippen LogP contribution in [0.15, 0.2) is 58.6 Å². The molecule has 5 rings (SSSR count). The zero-order valence-electron chi connectivity index (χ0n) is 28.4. The standard InChI is InChI=1S/C35H47N5O6S2/c1-6-25(5)40-33(26-10-9-11-27(21-26)48(43,44)39-16-18-45-19-17-39)37-38-35(40)47-22-32(41)36-30-13-8-7-12-29(30)34(42)46-31-20-24(4)14-15-28(31)23(2)3/h7-13,21,23-25,28,31H,6,14-20,22H2,1-5H3,(H,36,41)/t24-,25+,28-,31+/m1/s1. The molecule has 11 nitrogen and oxygen atoms in total. The molecule has 260 valence electrons. The minimum Gasteiger partial charge on any atom is -0.458 e. The third kappa shape index (κ3) is 8.30. The lowest BCUT2D eigenvalue weighted by atomic mass is 9.75. The van der Waals surface area contributed by atoms with Crippen molar-refractivity contribution < 1.29 is 27.5 Å². The molecule has 2 aliphatic rings. The van der Waals surface area contributed by atoms with E-state index in [9.17, 15) is 18.0 Å². The van der Waals surface area contributed by atoms with Gasteiger partial charge >= 0.3 is 5.97 Å². The molecule has 0 bridgehead atoms. The van der Waals surface area contributed by atoms with E-state index in [-0.39, 0.29) is 28.7 Å². The Balaban J connectivity index is 1.29. The number of para-hydroxylation sites is 1. The Hall–Kier alpha value is -3.26. The fraction of sp³-hybridized carbons (Fsp3) is 0.543. The fourth-order valence-electron chi connectivity index (χ4n) is 6.42. The molecule has 4 atom stereocenters. The van der Waals surface area contributed by atoms with E-state index in [0.29, 0.717) is 71.9 Å². The van der Waals surface area contributed by atoms with Crippen molar-refractivity contribution in [2.45, 2.75) is 82.5 Å². The topological polar surface area (TPSA) is 133 Å². The molecular formula is C35H47N5O6S2. The molecule has 1 N–H and O–H groups in total. The number of esters is 1. The highest BCUT2D eigenvalue weighted by Crippen LogP contribution is 2.36. The van der Waals surface area contributed by atoms with Crippen molar-refractivity contribution in [2.75, 3.05) is 37.4 Å². The molecule has 1 saturated heterocycles. The van der Waals surface area contributed by atoms with Crippen molar-refractivity contribution in [2.24, 2.45) is 17.8 Å². The third-order valence-electron chi connectivity index (χ3n) is 9.37. The fourth-order valence-corrected chi connectivity index (χ4v) is 8.71. The van der Waals surface area contributed by atoms with Crippen LogP contribution in [0.4, 0.5) is 5.69 Å². The molecular weight excluding hydrogens is 651 g/mol. The molecule has 1 saturated carbocycles. The number of benzene rings is 2. The number of aromatic nitrogens is 3. The number of hydrogen-bond acceptors (Lipinski definition) is 9. The molecule has 2 fully saturated rings. The largest absolute Gasteiger partial charge is 0.458 e. The van der Waals surface area contributed by atoms with Gasteiger partial charge in [0.2, 0.25) is 15.9 Å². The molecule has 48 heavy (non-hydrogen) atoms. The van der Waals surface area contributed by atoms with Crippen LogP contribution in [0, 0.1) is 17.8 Å². The number of morpholine rings is 1. The van der Waals surface area contributed by atoms with Gasteiger partial charge in [0.15, 0.2) is 11.0 Å². The van der Waals surface area contributed by atoms with Gasteiger partial charge < -0.3 is 14.8 Å². The number of carbonyl (C=O) groups excluding carboxylic acids is 2. The first-order chi connectivity index (χ1) is 23.0. The molecule has 0 radical (unpaired) electrons. The summed E-state index contributed by atoms with van der Waals surface area (Å²) in [7, 11) is -3.70. The first-order valence-corrected chi connectivity index (χ1v) is 19.3. The Morgan fingerprint density at radius 3 is 2.54 bits per heavy atom. The SMILES string of the molecule is CC[C@H](C)n1c(SCC(=O)Nc2ccccc2C(=O)O[C@H]2C[C@H](C)CC[C@@H]2C(C)C)nnc1-c1cccc(S(=O)(=O)N2CCOCC2)c1. The second-order valence-corrected chi connectivity index (χ2v) is 16.0. The van der Waals surface area contributed by atoms with Gasteiger partial charge in [-0.25, -0.2) is 13.2 Å². The highest BCUT2D eigenvalue weighted by Gasteiger charge is 2.34. The monoisotopic (exact) mass is 697 g/mol. The van der Waals surface area contributed by atoms with E-state index in [1.54, 1.807) is 42.5 Å². The molecule has 1 aliphatic carbocycles. The van der Waals surface area contributed by atoms with Crippen molar-refractivity contribution >= 4 is 39.3 Å². The average molecular weight is 698 g/mol. The first kappa shape index (κ1) is 36.0. The summed E-state index contributed by atoms with van der Waals surface area (Å²) < 4.78 is 41.5. The van der Waals surface area contributed by atoms with Gasteiger partial charge in [0.25, 0.3) is 0 Å². The minimum absolute atomic E-state index is 0.0206. The molecule has 3 aromatic rings. The highest BCUT2D eigenvalue weighted by molar-refractivity contribution is 7.99. The van der Waals surface area contributed by atoms with Crippen LogP contribution in [0.1, 0.15) is 76.7 Å². The van der Waals surface area contributed by atoms with Gasteiger partial charge in [-0.1, -0.05) is 70.1 Å². The predicted octanol–water partition coefficient (Wildman–Crippen LogP) is 6.29. The number of amides is 1. The van der Waals surface area contributed by atoms with Crippen molar-refractivity contribution in [3.8, 4) is 11.4 Å². The Morgan fingerprint density at radius 1 is 1.06 bits per heavy atom. The lowest BCUT2D eigenvalue weighted by Crippen LogP contribution is -2.40. The van der Waals surface area contributed by atoms with Crippen LogP contribution >= 0.6 is 11.8 Å². The summed E-state index contributed by atoms with van der Waals surface area (Å²) in [4.78, 5) is 26.8. The zero-order chi connectivity index (χ0) is 34.4. The van der Waals surface area contributed by atoms with Crippen LogP contribution in [0.3, 0.4) is 0 Å². The van der Waals surface area contributed by atoms with Crippen LogP contribution in [0.25, 0.3) is 11.4 Å². The van der Waals surface area contributed by atoms with E-state index in [2.05, 4.69) is 36.3 Å². The summed E-state index contributed by atoms with van der Waals surface area (Å²) in [5.41, 5.74) is 1.35. The Labute approximate surface area is 288 Å². The average Bonchev–Trinajstić information content (AvgIpc) is 3.51. The van der Waals surface area contributed by atoms with Crippen molar-refractivity contribution in [3.63, 3.8) is 0 Å². The predicted molar refractivity (Wildman–Crippen MR) is 186 cm³/mol. The maximum absolute atomic E-state index is 13.4. The van der Waals surface area contributed by atoms with Gasteiger partial charge in [-0.05, 0) is 68.2 Å². The van der Waals surface area contributed by atoms with E-state index >= 15 is 0 Å². The summed E-state index contributed by atoms with van der Waals surface area (Å²) >= 11 is 1.23. The number of rotatable bonds is 12. The lowest BCUT2D eigenvalue weighted by Gasteiger charge is -2.36. The number of nitrogens with one attached hydrogen (secondary N) is 1. The van der Waals surface area contributed by atoms with Crippen LogP contribution in [-0.2, 0) is 24.3 Å². The molecule has 0 unspecified atom stereocenters. The molecule has 1 aromatic heterocycles. The summed E-state index contributed by atoms with van der Waals surface area (Å²) in [6.07, 6.45) is 3.63. The summed E-state index contributed by atoms with van der Waals surface area (Å²) in [5.74, 6) is 1.04. The number of anilines is 1. The van der Waals surface area contributed by atoms with Gasteiger partial charge in [0, 0.05) is 24.7 Å². The third-order valence-corrected chi connectivity index (χ3v) is 12.2. The molecule has 2 aromatic carbocycles. The molecule has 1 amide bonds. The van der Waals surface area contributed by atoms with E-state index in [1.807, 2.05) is 24.5 Å². The highest BCUT2D eigenvalue weighted by atomic mass is 32.2. The smallest absolute Gasteiger partial charge is 0.340 e. The van der Waals surface area contributed by atoms with Crippen LogP contribution in [0.2, 0.25) is 0 Å². The van der Waals surface area contributed by atoms with E-state index in [0.717, 1.165) is 25.7 Å². The maximum Gasteiger partial charge on any atom is 0.340 e. The van der Waals surface area contributed by atoms with E-state index in [4.69, 9.17) is 9.47 Å².